The van der Waals surface area contributed by atoms with E-state index in [1.807, 2.05) is 4.90 Å². The van der Waals surface area contributed by atoms with Crippen LogP contribution in [0.25, 0.3) is 0 Å². The summed E-state index contributed by atoms with van der Waals surface area (Å²) in [5.41, 5.74) is 0. The Hall–Kier alpha value is -0.880. The molecular formula is C14H25ClFN3O2. The second-order valence-corrected chi connectivity index (χ2v) is 5.79. The number of alkyl halides is 1. The molecule has 1 atom stereocenters. The molecule has 122 valence electrons. The summed E-state index contributed by atoms with van der Waals surface area (Å²) in [5, 5.41) is 3.07. The van der Waals surface area contributed by atoms with Crippen molar-refractivity contribution in [3.8, 4) is 0 Å². The van der Waals surface area contributed by atoms with Gasteiger partial charge in [0.25, 0.3) is 0 Å². The maximum absolute atomic E-state index is 12.4. The number of nitrogens with zero attached hydrogens (tertiary/aromatic N) is 2. The van der Waals surface area contributed by atoms with Crippen LogP contribution in [0.2, 0.25) is 0 Å². The van der Waals surface area contributed by atoms with Gasteiger partial charge in [0.1, 0.15) is 6.67 Å². The van der Waals surface area contributed by atoms with Gasteiger partial charge in [-0.1, -0.05) is 6.92 Å². The summed E-state index contributed by atoms with van der Waals surface area (Å²) in [6, 6.07) is -0.484. The zero-order chi connectivity index (χ0) is 14.5. The van der Waals surface area contributed by atoms with Crippen LogP contribution >= 0.6 is 12.4 Å². The fourth-order valence-electron chi connectivity index (χ4n) is 2.84. The van der Waals surface area contributed by atoms with Crippen LogP contribution in [0, 0.1) is 5.92 Å². The molecule has 0 bridgehead atoms. The monoisotopic (exact) mass is 321 g/mol. The summed E-state index contributed by atoms with van der Waals surface area (Å²) in [6.45, 7) is 4.52. The molecule has 0 spiro atoms. The molecule has 2 aliphatic heterocycles. The Labute approximate surface area is 131 Å². The molecule has 0 aliphatic carbocycles. The molecule has 2 heterocycles. The van der Waals surface area contributed by atoms with Gasteiger partial charge in [0.15, 0.2) is 0 Å². The number of carbonyl (C=O) groups is 2. The van der Waals surface area contributed by atoms with Crippen molar-refractivity contribution in [3.05, 3.63) is 0 Å². The minimum Gasteiger partial charge on any atom is -0.343 e. The fourth-order valence-corrected chi connectivity index (χ4v) is 2.84. The number of nitrogens with one attached hydrogen (secondary N) is 1. The van der Waals surface area contributed by atoms with Crippen LogP contribution in [-0.4, -0.2) is 67.1 Å². The molecule has 0 aromatic carbocycles. The number of hydrogen-bond donors (Lipinski definition) is 1. The Morgan fingerprint density at radius 3 is 2.62 bits per heavy atom. The first-order chi connectivity index (χ1) is 9.61. The minimum absolute atomic E-state index is 0. The average molecular weight is 322 g/mol. The number of piperidine rings is 1. The summed E-state index contributed by atoms with van der Waals surface area (Å²) in [4.78, 5) is 27.7. The highest BCUT2D eigenvalue weighted by Crippen LogP contribution is 2.17. The Balaban J connectivity index is 0.00000220. The van der Waals surface area contributed by atoms with Gasteiger partial charge in [0, 0.05) is 32.7 Å². The molecule has 1 N–H and O–H groups in total. The first kappa shape index (κ1) is 18.2. The fraction of sp³-hybridized carbons (Fsp3) is 0.857. The highest BCUT2D eigenvalue weighted by Gasteiger charge is 2.31. The van der Waals surface area contributed by atoms with Crippen LogP contribution in [0.1, 0.15) is 26.2 Å². The van der Waals surface area contributed by atoms with Crippen molar-refractivity contribution in [2.75, 3.05) is 39.4 Å². The van der Waals surface area contributed by atoms with E-state index in [1.165, 1.54) is 4.90 Å². The number of hydrogen-bond acceptors (Lipinski definition) is 3. The smallest absolute Gasteiger partial charge is 0.240 e. The normalized spacial score (nSPS) is 23.9. The van der Waals surface area contributed by atoms with Gasteiger partial charge < -0.3 is 15.1 Å². The Bertz CT molecular complexity index is 360. The third kappa shape index (κ3) is 4.81. The van der Waals surface area contributed by atoms with Gasteiger partial charge >= 0.3 is 0 Å². The molecule has 2 saturated heterocycles. The largest absolute Gasteiger partial charge is 0.343 e. The minimum atomic E-state index is -0.531. The molecule has 21 heavy (non-hydrogen) atoms. The van der Waals surface area contributed by atoms with Gasteiger partial charge in [-0.05, 0) is 18.8 Å². The zero-order valence-corrected chi connectivity index (χ0v) is 13.3. The third-order valence-corrected chi connectivity index (χ3v) is 4.25. The lowest BCUT2D eigenvalue weighted by Gasteiger charge is -2.35. The summed E-state index contributed by atoms with van der Waals surface area (Å²) < 4.78 is 12.4. The van der Waals surface area contributed by atoms with Crippen molar-refractivity contribution in [2.24, 2.45) is 5.92 Å². The van der Waals surface area contributed by atoms with E-state index in [4.69, 9.17) is 0 Å². The zero-order valence-electron chi connectivity index (χ0n) is 12.5. The van der Waals surface area contributed by atoms with Gasteiger partial charge in [-0.25, -0.2) is 4.39 Å². The van der Waals surface area contributed by atoms with Crippen molar-refractivity contribution in [1.82, 2.24) is 15.1 Å². The van der Waals surface area contributed by atoms with Gasteiger partial charge in [-0.3, -0.25) is 9.59 Å². The third-order valence-electron chi connectivity index (χ3n) is 4.25. The SMILES string of the molecule is CC1CCN(C(=O)CC2NCCN(CCF)C2=O)CC1.Cl. The van der Waals surface area contributed by atoms with Gasteiger partial charge in [0.05, 0.1) is 12.5 Å². The predicted molar refractivity (Wildman–Crippen MR) is 81.2 cm³/mol. The second kappa shape index (κ2) is 8.54. The summed E-state index contributed by atoms with van der Waals surface area (Å²) in [5.74, 6) is 0.561. The Kier molecular flexibility index (Phi) is 7.39. The molecule has 2 amide bonds. The van der Waals surface area contributed by atoms with Crippen molar-refractivity contribution in [3.63, 3.8) is 0 Å². The number of piperazine rings is 1. The molecule has 1 unspecified atom stereocenters. The molecule has 0 aromatic heterocycles. The van der Waals surface area contributed by atoms with Crippen LogP contribution < -0.4 is 5.32 Å². The van der Waals surface area contributed by atoms with Crippen LogP contribution in [-0.2, 0) is 9.59 Å². The molecular weight excluding hydrogens is 297 g/mol. The molecule has 0 aromatic rings. The van der Waals surface area contributed by atoms with E-state index in [0.717, 1.165) is 25.9 Å². The maximum Gasteiger partial charge on any atom is 0.240 e. The Morgan fingerprint density at radius 1 is 1.33 bits per heavy atom. The average Bonchev–Trinajstić information content (AvgIpc) is 2.44. The number of amides is 2. The van der Waals surface area contributed by atoms with Crippen LogP contribution in [0.5, 0.6) is 0 Å². The first-order valence-electron chi connectivity index (χ1n) is 7.47. The van der Waals surface area contributed by atoms with E-state index in [0.29, 0.717) is 19.0 Å². The quantitative estimate of drug-likeness (QED) is 0.834. The molecule has 5 nitrogen and oxygen atoms in total. The molecule has 2 fully saturated rings. The van der Waals surface area contributed by atoms with E-state index in [-0.39, 0.29) is 37.2 Å². The predicted octanol–water partition coefficient (Wildman–Crippen LogP) is 0.827. The molecule has 0 saturated carbocycles. The number of likely N-dealkylation sites (tertiary alicyclic amines) is 1. The van der Waals surface area contributed by atoms with Crippen LogP contribution in [0.3, 0.4) is 0 Å². The first-order valence-corrected chi connectivity index (χ1v) is 7.47. The van der Waals surface area contributed by atoms with Gasteiger partial charge in [-0.2, -0.15) is 0 Å². The Morgan fingerprint density at radius 2 is 2.00 bits per heavy atom. The highest BCUT2D eigenvalue weighted by molar-refractivity contribution is 5.89. The molecule has 0 radical (unpaired) electrons. The lowest BCUT2D eigenvalue weighted by Crippen LogP contribution is -2.57. The molecule has 2 aliphatic rings. The summed E-state index contributed by atoms with van der Waals surface area (Å²) >= 11 is 0. The van der Waals surface area contributed by atoms with E-state index in [9.17, 15) is 14.0 Å². The van der Waals surface area contributed by atoms with E-state index in [1.54, 1.807) is 0 Å². The summed E-state index contributed by atoms with van der Waals surface area (Å²) in [7, 11) is 0. The van der Waals surface area contributed by atoms with Crippen molar-refractivity contribution < 1.29 is 14.0 Å². The van der Waals surface area contributed by atoms with Gasteiger partial charge in [-0.15, -0.1) is 12.4 Å². The van der Waals surface area contributed by atoms with Crippen LogP contribution in [0.15, 0.2) is 0 Å². The van der Waals surface area contributed by atoms with E-state index < -0.39 is 12.7 Å². The lowest BCUT2D eigenvalue weighted by molar-refractivity contribution is -0.141. The number of halogens is 2. The molecule has 7 heteroatoms. The van der Waals surface area contributed by atoms with Crippen molar-refractivity contribution >= 4 is 24.2 Å². The topological polar surface area (TPSA) is 52.7 Å². The number of rotatable bonds is 4. The maximum atomic E-state index is 12.4. The summed E-state index contributed by atoms with van der Waals surface area (Å²) in [6.07, 6.45) is 2.26. The van der Waals surface area contributed by atoms with E-state index in [2.05, 4.69) is 12.2 Å². The number of carbonyl (C=O) groups excluding carboxylic acids is 2. The van der Waals surface area contributed by atoms with Crippen molar-refractivity contribution in [1.29, 1.82) is 0 Å². The second-order valence-electron chi connectivity index (χ2n) is 5.79. The lowest BCUT2D eigenvalue weighted by atomic mass is 9.98. The molecule has 2 rings (SSSR count). The van der Waals surface area contributed by atoms with Gasteiger partial charge in [0.2, 0.25) is 11.8 Å². The van der Waals surface area contributed by atoms with Crippen molar-refractivity contribution in [2.45, 2.75) is 32.2 Å². The standard InChI is InChI=1S/C14H24FN3O2.ClH/c1-11-2-6-17(7-3-11)13(19)10-12-14(20)18(8-4-15)9-5-16-12;/h11-12,16H,2-10H2,1H3;1H. The van der Waals surface area contributed by atoms with E-state index >= 15 is 0 Å². The van der Waals surface area contributed by atoms with Crippen LogP contribution in [0.4, 0.5) is 4.39 Å². The highest BCUT2D eigenvalue weighted by atomic mass is 35.5.